The maximum absolute atomic E-state index is 11.6. The zero-order valence-corrected chi connectivity index (χ0v) is 11.7. The van der Waals surface area contributed by atoms with E-state index in [4.69, 9.17) is 4.74 Å². The zero-order chi connectivity index (χ0) is 13.6. The van der Waals surface area contributed by atoms with Gasteiger partial charge in [-0.05, 0) is 33.1 Å². The average Bonchev–Trinajstić information content (AvgIpc) is 2.12. The van der Waals surface area contributed by atoms with Crippen LogP contribution in [-0.2, 0) is 19.1 Å². The molecule has 0 aromatic rings. The number of carbonyl (C=O) groups excluding carboxylic acids is 2. The molecule has 0 fully saturated rings. The summed E-state index contributed by atoms with van der Waals surface area (Å²) in [6.07, 6.45) is 0.963. The van der Waals surface area contributed by atoms with Gasteiger partial charge in [-0.1, -0.05) is 13.8 Å². The third-order valence-electron chi connectivity index (χ3n) is 2.29. The molecule has 4 heteroatoms. The van der Waals surface area contributed by atoms with Crippen LogP contribution >= 0.6 is 0 Å². The standard InChI is InChI=1S/C13H24O4/c1-9(7-10(2)12(15)16-6)8-11(14)17-13(3,4)5/h9-10H,7-8H2,1-6H3/t9-,10+/m0/s1. The minimum atomic E-state index is -0.454. The lowest BCUT2D eigenvalue weighted by Crippen LogP contribution is -2.25. The SMILES string of the molecule is COC(=O)[C@H](C)C[C@H](C)CC(=O)OC(C)(C)C. The average molecular weight is 244 g/mol. The van der Waals surface area contributed by atoms with E-state index in [1.807, 2.05) is 27.7 Å². The van der Waals surface area contributed by atoms with Crippen molar-refractivity contribution in [3.8, 4) is 0 Å². The predicted molar refractivity (Wildman–Crippen MR) is 65.4 cm³/mol. The van der Waals surface area contributed by atoms with Gasteiger partial charge < -0.3 is 9.47 Å². The van der Waals surface area contributed by atoms with Crippen molar-refractivity contribution in [2.24, 2.45) is 11.8 Å². The fraction of sp³-hybridized carbons (Fsp3) is 0.846. The maximum Gasteiger partial charge on any atom is 0.308 e. The van der Waals surface area contributed by atoms with Crippen molar-refractivity contribution in [1.29, 1.82) is 0 Å². The minimum absolute atomic E-state index is 0.110. The molecule has 0 spiro atoms. The van der Waals surface area contributed by atoms with E-state index in [0.717, 1.165) is 0 Å². The molecule has 0 bridgehead atoms. The highest BCUT2D eigenvalue weighted by molar-refractivity contribution is 5.72. The molecule has 0 aliphatic heterocycles. The Bertz CT molecular complexity index is 265. The monoisotopic (exact) mass is 244 g/mol. The number of rotatable bonds is 5. The zero-order valence-electron chi connectivity index (χ0n) is 11.7. The van der Waals surface area contributed by atoms with Crippen LogP contribution in [0.4, 0.5) is 0 Å². The van der Waals surface area contributed by atoms with E-state index in [1.165, 1.54) is 7.11 Å². The summed E-state index contributed by atoms with van der Waals surface area (Å²) in [4.78, 5) is 22.8. The van der Waals surface area contributed by atoms with Gasteiger partial charge in [0.05, 0.1) is 13.0 Å². The summed E-state index contributed by atoms with van der Waals surface area (Å²) in [5.74, 6) is -0.528. The molecule has 0 saturated carbocycles. The fourth-order valence-corrected chi connectivity index (χ4v) is 1.65. The summed E-state index contributed by atoms with van der Waals surface area (Å²) in [7, 11) is 1.37. The van der Waals surface area contributed by atoms with Crippen LogP contribution in [0.15, 0.2) is 0 Å². The largest absolute Gasteiger partial charge is 0.469 e. The van der Waals surface area contributed by atoms with Crippen LogP contribution in [0.1, 0.15) is 47.5 Å². The van der Waals surface area contributed by atoms with Gasteiger partial charge in [-0.15, -0.1) is 0 Å². The molecule has 17 heavy (non-hydrogen) atoms. The van der Waals surface area contributed by atoms with Crippen molar-refractivity contribution in [2.75, 3.05) is 7.11 Å². The number of methoxy groups -OCH3 is 1. The van der Waals surface area contributed by atoms with Gasteiger partial charge in [0.2, 0.25) is 0 Å². The van der Waals surface area contributed by atoms with Gasteiger partial charge in [0.15, 0.2) is 0 Å². The molecule has 0 rings (SSSR count). The van der Waals surface area contributed by atoms with Crippen molar-refractivity contribution >= 4 is 11.9 Å². The molecule has 100 valence electrons. The van der Waals surface area contributed by atoms with Crippen molar-refractivity contribution in [3.05, 3.63) is 0 Å². The van der Waals surface area contributed by atoms with Gasteiger partial charge in [-0.2, -0.15) is 0 Å². The molecule has 0 radical (unpaired) electrons. The molecule has 0 amide bonds. The van der Waals surface area contributed by atoms with E-state index >= 15 is 0 Å². The second kappa shape index (κ2) is 6.62. The topological polar surface area (TPSA) is 52.6 Å². The molecule has 0 aliphatic carbocycles. The highest BCUT2D eigenvalue weighted by Crippen LogP contribution is 2.18. The van der Waals surface area contributed by atoms with E-state index in [9.17, 15) is 9.59 Å². The van der Waals surface area contributed by atoms with Crippen LogP contribution in [0.3, 0.4) is 0 Å². The van der Waals surface area contributed by atoms with Gasteiger partial charge in [0.25, 0.3) is 0 Å². The number of esters is 2. The summed E-state index contributed by atoms with van der Waals surface area (Å²) in [5.41, 5.74) is -0.454. The molecule has 4 nitrogen and oxygen atoms in total. The summed E-state index contributed by atoms with van der Waals surface area (Å²) in [6, 6.07) is 0. The van der Waals surface area contributed by atoms with E-state index < -0.39 is 5.60 Å². The minimum Gasteiger partial charge on any atom is -0.469 e. The van der Waals surface area contributed by atoms with Gasteiger partial charge in [-0.3, -0.25) is 9.59 Å². The van der Waals surface area contributed by atoms with Gasteiger partial charge in [0, 0.05) is 6.42 Å². The smallest absolute Gasteiger partial charge is 0.308 e. The Morgan fingerprint density at radius 3 is 2.12 bits per heavy atom. The maximum atomic E-state index is 11.6. The predicted octanol–water partition coefficient (Wildman–Crippen LogP) is 2.55. The molecule has 0 saturated heterocycles. The first-order chi connectivity index (χ1) is 7.65. The summed E-state index contributed by atoms with van der Waals surface area (Å²) < 4.78 is 9.86. The van der Waals surface area contributed by atoms with Crippen LogP contribution in [0.2, 0.25) is 0 Å². The quantitative estimate of drug-likeness (QED) is 0.697. The summed E-state index contributed by atoms with van der Waals surface area (Å²) >= 11 is 0. The molecule has 0 aromatic carbocycles. The normalized spacial score (nSPS) is 14.9. The van der Waals surface area contributed by atoms with Crippen molar-refractivity contribution in [3.63, 3.8) is 0 Å². The van der Waals surface area contributed by atoms with Gasteiger partial charge in [0.1, 0.15) is 5.60 Å². The van der Waals surface area contributed by atoms with Crippen LogP contribution in [-0.4, -0.2) is 24.6 Å². The molecule has 2 atom stereocenters. The molecule has 0 N–H and O–H groups in total. The van der Waals surface area contributed by atoms with E-state index in [-0.39, 0.29) is 23.8 Å². The molecule has 0 heterocycles. The number of hydrogen-bond acceptors (Lipinski definition) is 4. The Morgan fingerprint density at radius 2 is 1.71 bits per heavy atom. The first kappa shape index (κ1) is 15.9. The molecular weight excluding hydrogens is 220 g/mol. The van der Waals surface area contributed by atoms with Crippen LogP contribution < -0.4 is 0 Å². The van der Waals surface area contributed by atoms with Gasteiger partial charge >= 0.3 is 11.9 Å². The molecular formula is C13H24O4. The van der Waals surface area contributed by atoms with E-state index in [1.54, 1.807) is 6.92 Å². The second-order valence-electron chi connectivity index (χ2n) is 5.56. The third kappa shape index (κ3) is 7.77. The number of ether oxygens (including phenoxy) is 2. The first-order valence-corrected chi connectivity index (χ1v) is 5.95. The van der Waals surface area contributed by atoms with Crippen LogP contribution in [0.25, 0.3) is 0 Å². The van der Waals surface area contributed by atoms with Crippen molar-refractivity contribution < 1.29 is 19.1 Å². The Hall–Kier alpha value is -1.06. The third-order valence-corrected chi connectivity index (χ3v) is 2.29. The van der Waals surface area contributed by atoms with Gasteiger partial charge in [-0.25, -0.2) is 0 Å². The Morgan fingerprint density at radius 1 is 1.18 bits per heavy atom. The molecule has 0 aliphatic rings. The summed E-state index contributed by atoms with van der Waals surface area (Å²) in [6.45, 7) is 9.26. The van der Waals surface area contributed by atoms with E-state index in [0.29, 0.717) is 12.8 Å². The Labute approximate surface area is 104 Å². The lowest BCUT2D eigenvalue weighted by molar-refractivity contribution is -0.156. The highest BCUT2D eigenvalue weighted by atomic mass is 16.6. The number of carbonyl (C=O) groups is 2. The molecule has 0 aromatic heterocycles. The lowest BCUT2D eigenvalue weighted by Gasteiger charge is -2.21. The summed E-state index contributed by atoms with van der Waals surface area (Å²) in [5, 5.41) is 0. The lowest BCUT2D eigenvalue weighted by atomic mass is 9.95. The highest BCUT2D eigenvalue weighted by Gasteiger charge is 2.21. The fourth-order valence-electron chi connectivity index (χ4n) is 1.65. The van der Waals surface area contributed by atoms with Crippen LogP contribution in [0, 0.1) is 11.8 Å². The second-order valence-corrected chi connectivity index (χ2v) is 5.56. The van der Waals surface area contributed by atoms with Crippen LogP contribution in [0.5, 0.6) is 0 Å². The molecule has 0 unspecified atom stereocenters. The Kier molecular flexibility index (Phi) is 6.21. The number of hydrogen-bond donors (Lipinski definition) is 0. The first-order valence-electron chi connectivity index (χ1n) is 5.95. The Balaban J connectivity index is 4.06. The van der Waals surface area contributed by atoms with Crippen molar-refractivity contribution in [2.45, 2.75) is 53.1 Å². The van der Waals surface area contributed by atoms with Crippen molar-refractivity contribution in [1.82, 2.24) is 0 Å². The van der Waals surface area contributed by atoms with E-state index in [2.05, 4.69) is 4.74 Å².